The molecule has 5 nitrogen and oxygen atoms in total. The molecule has 0 aromatic heterocycles. The van der Waals surface area contributed by atoms with E-state index in [1.807, 2.05) is 19.1 Å². The maximum Gasteiger partial charge on any atom is 0.242 e. The van der Waals surface area contributed by atoms with E-state index in [4.69, 9.17) is 12.2 Å². The summed E-state index contributed by atoms with van der Waals surface area (Å²) < 4.78 is 26.0. The van der Waals surface area contributed by atoms with Crippen molar-refractivity contribution in [1.29, 1.82) is 0 Å². The number of hydrogen-bond acceptors (Lipinski definition) is 3. The molecule has 0 aliphatic carbocycles. The standard InChI is InChI=1S/C19H23N3O2S2/c1-14-10-11-16(26(23,24)21(2)3)13-17(14)20-19(25)22-12-6-8-15-7-4-5-9-18(15)22/h4-5,7,9-11,13H,6,8,12H2,1-3H3,(H,20,25). The van der Waals surface area contributed by atoms with Gasteiger partial charge in [0.25, 0.3) is 0 Å². The third kappa shape index (κ3) is 3.60. The summed E-state index contributed by atoms with van der Waals surface area (Å²) in [6.45, 7) is 2.78. The van der Waals surface area contributed by atoms with E-state index in [0.29, 0.717) is 10.8 Å². The number of benzene rings is 2. The monoisotopic (exact) mass is 389 g/mol. The summed E-state index contributed by atoms with van der Waals surface area (Å²) in [5.74, 6) is 0. The van der Waals surface area contributed by atoms with Crippen LogP contribution < -0.4 is 10.2 Å². The summed E-state index contributed by atoms with van der Waals surface area (Å²) in [6.07, 6.45) is 2.08. The number of nitrogens with one attached hydrogen (secondary N) is 1. The first-order valence-corrected chi connectivity index (χ1v) is 10.3. The Morgan fingerprint density at radius 2 is 1.92 bits per heavy atom. The molecule has 0 saturated heterocycles. The number of fused-ring (bicyclic) bond motifs is 1. The Labute approximate surface area is 160 Å². The van der Waals surface area contributed by atoms with Crippen LogP contribution in [0.3, 0.4) is 0 Å². The third-order valence-electron chi connectivity index (χ3n) is 4.58. The number of aryl methyl sites for hydroxylation is 2. The minimum Gasteiger partial charge on any atom is -0.332 e. The molecule has 0 saturated carbocycles. The van der Waals surface area contributed by atoms with Crippen molar-refractivity contribution in [3.05, 3.63) is 53.6 Å². The first-order valence-electron chi connectivity index (χ1n) is 8.50. The highest BCUT2D eigenvalue weighted by molar-refractivity contribution is 7.89. The highest BCUT2D eigenvalue weighted by Gasteiger charge is 2.22. The molecular weight excluding hydrogens is 366 g/mol. The first kappa shape index (κ1) is 18.8. The van der Waals surface area contributed by atoms with Crippen molar-refractivity contribution in [2.24, 2.45) is 0 Å². The van der Waals surface area contributed by atoms with Crippen LogP contribution in [0.15, 0.2) is 47.4 Å². The second-order valence-electron chi connectivity index (χ2n) is 6.58. The quantitative estimate of drug-likeness (QED) is 0.816. The molecule has 2 aromatic carbocycles. The SMILES string of the molecule is Cc1ccc(S(=O)(=O)N(C)C)cc1NC(=S)N1CCCc2ccccc21. The van der Waals surface area contributed by atoms with Crippen molar-refractivity contribution in [2.45, 2.75) is 24.7 Å². The van der Waals surface area contributed by atoms with Crippen LogP contribution in [0.25, 0.3) is 0 Å². The molecule has 7 heteroatoms. The van der Waals surface area contributed by atoms with E-state index < -0.39 is 10.0 Å². The van der Waals surface area contributed by atoms with E-state index in [1.165, 1.54) is 24.0 Å². The zero-order valence-electron chi connectivity index (χ0n) is 15.2. The lowest BCUT2D eigenvalue weighted by atomic mass is 10.0. The number of sulfonamides is 1. The topological polar surface area (TPSA) is 52.7 Å². The van der Waals surface area contributed by atoms with E-state index in [9.17, 15) is 8.42 Å². The van der Waals surface area contributed by atoms with Gasteiger partial charge in [0.15, 0.2) is 5.11 Å². The van der Waals surface area contributed by atoms with Crippen molar-refractivity contribution >= 4 is 38.7 Å². The number of hydrogen-bond donors (Lipinski definition) is 1. The van der Waals surface area contributed by atoms with E-state index in [-0.39, 0.29) is 4.90 Å². The summed E-state index contributed by atoms with van der Waals surface area (Å²) >= 11 is 5.64. The highest BCUT2D eigenvalue weighted by Crippen LogP contribution is 2.28. The summed E-state index contributed by atoms with van der Waals surface area (Å²) in [5.41, 5.74) is 4.05. The van der Waals surface area contributed by atoms with Crippen LogP contribution in [-0.4, -0.2) is 38.5 Å². The zero-order valence-corrected chi connectivity index (χ0v) is 16.8. The second kappa shape index (κ2) is 7.34. The number of para-hydroxylation sites is 1. The largest absolute Gasteiger partial charge is 0.332 e. The zero-order chi connectivity index (χ0) is 18.9. The molecule has 1 aliphatic heterocycles. The van der Waals surface area contributed by atoms with Crippen LogP contribution in [-0.2, 0) is 16.4 Å². The second-order valence-corrected chi connectivity index (χ2v) is 9.12. The Morgan fingerprint density at radius 3 is 2.65 bits per heavy atom. The summed E-state index contributed by atoms with van der Waals surface area (Å²) in [5, 5.41) is 3.83. The van der Waals surface area contributed by atoms with Gasteiger partial charge in [0.05, 0.1) is 4.90 Å². The minimum absolute atomic E-state index is 0.248. The number of anilines is 2. The lowest BCUT2D eigenvalue weighted by molar-refractivity contribution is 0.521. The maximum absolute atomic E-state index is 12.4. The molecule has 0 fully saturated rings. The van der Waals surface area contributed by atoms with Gasteiger partial charge in [0.2, 0.25) is 10.0 Å². The number of thiocarbonyl (C=S) groups is 1. The Morgan fingerprint density at radius 1 is 1.19 bits per heavy atom. The molecule has 0 bridgehead atoms. The number of rotatable bonds is 3. The predicted octanol–water partition coefficient (Wildman–Crippen LogP) is 3.39. The van der Waals surface area contributed by atoms with Gasteiger partial charge in [-0.05, 0) is 61.3 Å². The van der Waals surface area contributed by atoms with Gasteiger partial charge in [0.1, 0.15) is 0 Å². The van der Waals surface area contributed by atoms with E-state index in [2.05, 4.69) is 22.3 Å². The number of nitrogens with zero attached hydrogens (tertiary/aromatic N) is 2. The van der Waals surface area contributed by atoms with Crippen LogP contribution in [0.2, 0.25) is 0 Å². The Balaban J connectivity index is 1.89. The molecule has 0 atom stereocenters. The molecule has 0 unspecified atom stereocenters. The van der Waals surface area contributed by atoms with Crippen LogP contribution in [0.1, 0.15) is 17.5 Å². The molecule has 26 heavy (non-hydrogen) atoms. The molecule has 1 N–H and O–H groups in total. The Kier molecular flexibility index (Phi) is 5.32. The van der Waals surface area contributed by atoms with Gasteiger partial charge in [-0.1, -0.05) is 24.3 Å². The van der Waals surface area contributed by atoms with Crippen molar-refractivity contribution in [2.75, 3.05) is 30.9 Å². The fourth-order valence-corrected chi connectivity index (χ4v) is 4.26. The van der Waals surface area contributed by atoms with Gasteiger partial charge in [-0.25, -0.2) is 12.7 Å². The van der Waals surface area contributed by atoms with Crippen LogP contribution in [0.5, 0.6) is 0 Å². The van der Waals surface area contributed by atoms with Crippen molar-refractivity contribution in [3.8, 4) is 0 Å². The predicted molar refractivity (Wildman–Crippen MR) is 110 cm³/mol. The van der Waals surface area contributed by atoms with Crippen molar-refractivity contribution in [3.63, 3.8) is 0 Å². The van der Waals surface area contributed by atoms with Crippen molar-refractivity contribution in [1.82, 2.24) is 4.31 Å². The average molecular weight is 390 g/mol. The van der Waals surface area contributed by atoms with Gasteiger partial charge in [-0.2, -0.15) is 0 Å². The normalized spacial score (nSPS) is 14.2. The van der Waals surface area contributed by atoms with Crippen LogP contribution >= 0.6 is 12.2 Å². The Bertz CT molecular complexity index is 940. The molecule has 2 aromatic rings. The third-order valence-corrected chi connectivity index (χ3v) is 6.72. The molecular formula is C19H23N3O2S2. The lowest BCUT2D eigenvalue weighted by Gasteiger charge is -2.32. The first-order chi connectivity index (χ1) is 12.3. The molecule has 0 spiro atoms. The van der Waals surface area contributed by atoms with Crippen LogP contribution in [0, 0.1) is 6.92 Å². The van der Waals surface area contributed by atoms with Gasteiger partial charge < -0.3 is 10.2 Å². The highest BCUT2D eigenvalue weighted by atomic mass is 32.2. The summed E-state index contributed by atoms with van der Waals surface area (Å²) in [4.78, 5) is 2.33. The fraction of sp³-hybridized carbons (Fsp3) is 0.316. The smallest absolute Gasteiger partial charge is 0.242 e. The van der Waals surface area contributed by atoms with E-state index >= 15 is 0 Å². The summed E-state index contributed by atoms with van der Waals surface area (Å²) in [7, 11) is -0.438. The van der Waals surface area contributed by atoms with Gasteiger partial charge >= 0.3 is 0 Å². The van der Waals surface area contributed by atoms with E-state index in [1.54, 1.807) is 18.2 Å². The fourth-order valence-electron chi connectivity index (χ4n) is 3.03. The molecule has 0 radical (unpaired) electrons. The lowest BCUT2D eigenvalue weighted by Crippen LogP contribution is -2.38. The summed E-state index contributed by atoms with van der Waals surface area (Å²) in [6, 6.07) is 13.3. The van der Waals surface area contributed by atoms with Gasteiger partial charge in [0, 0.05) is 32.0 Å². The molecule has 0 amide bonds. The molecule has 3 rings (SSSR count). The molecule has 138 valence electrons. The van der Waals surface area contributed by atoms with Gasteiger partial charge in [-0.15, -0.1) is 0 Å². The molecule has 1 heterocycles. The average Bonchev–Trinajstić information content (AvgIpc) is 2.62. The maximum atomic E-state index is 12.4. The van der Waals surface area contributed by atoms with Crippen LogP contribution in [0.4, 0.5) is 11.4 Å². The van der Waals surface area contributed by atoms with Crippen molar-refractivity contribution < 1.29 is 8.42 Å². The van der Waals surface area contributed by atoms with Gasteiger partial charge in [-0.3, -0.25) is 0 Å². The van der Waals surface area contributed by atoms with E-state index in [0.717, 1.165) is 30.6 Å². The Hall–Kier alpha value is -1.96. The minimum atomic E-state index is -3.49. The molecule has 1 aliphatic rings.